The second-order valence-electron chi connectivity index (χ2n) is 2.95. The first kappa shape index (κ1) is 8.02. The molecule has 0 radical (unpaired) electrons. The summed E-state index contributed by atoms with van der Waals surface area (Å²) >= 11 is 0. The van der Waals surface area contributed by atoms with Crippen LogP contribution < -0.4 is 0 Å². The summed E-state index contributed by atoms with van der Waals surface area (Å²) in [5, 5.41) is 0. The minimum absolute atomic E-state index is 0.355. The average molecular weight is 144 g/mol. The molecule has 2 heteroatoms. The van der Waals surface area contributed by atoms with Crippen molar-refractivity contribution < 1.29 is 9.47 Å². The highest BCUT2D eigenvalue weighted by molar-refractivity contribution is 4.67. The van der Waals surface area contributed by atoms with E-state index in [9.17, 15) is 0 Å². The SMILES string of the molecule is COCC1CCCC(C)O1. The van der Waals surface area contributed by atoms with E-state index in [0.29, 0.717) is 12.2 Å². The van der Waals surface area contributed by atoms with Crippen molar-refractivity contribution >= 4 is 0 Å². The number of hydrogen-bond acceptors (Lipinski definition) is 2. The molecule has 0 aromatic carbocycles. The molecular weight excluding hydrogens is 128 g/mol. The molecule has 0 aliphatic carbocycles. The highest BCUT2D eigenvalue weighted by Gasteiger charge is 2.18. The zero-order valence-corrected chi connectivity index (χ0v) is 6.80. The number of hydrogen-bond donors (Lipinski definition) is 0. The fourth-order valence-electron chi connectivity index (χ4n) is 1.41. The van der Waals surface area contributed by atoms with Gasteiger partial charge in [-0.1, -0.05) is 0 Å². The minimum atomic E-state index is 0.355. The number of rotatable bonds is 2. The maximum atomic E-state index is 5.60. The molecule has 0 aromatic heterocycles. The smallest absolute Gasteiger partial charge is 0.0812 e. The van der Waals surface area contributed by atoms with Crippen LogP contribution in [0.15, 0.2) is 0 Å². The molecule has 1 rings (SSSR count). The summed E-state index contributed by atoms with van der Waals surface area (Å²) in [7, 11) is 1.72. The summed E-state index contributed by atoms with van der Waals surface area (Å²) in [6, 6.07) is 0. The van der Waals surface area contributed by atoms with Gasteiger partial charge in [-0.25, -0.2) is 0 Å². The minimum Gasteiger partial charge on any atom is -0.382 e. The molecule has 2 unspecified atom stereocenters. The van der Waals surface area contributed by atoms with E-state index < -0.39 is 0 Å². The van der Waals surface area contributed by atoms with E-state index >= 15 is 0 Å². The molecule has 1 saturated heterocycles. The van der Waals surface area contributed by atoms with Gasteiger partial charge in [0.2, 0.25) is 0 Å². The molecule has 1 heterocycles. The maximum Gasteiger partial charge on any atom is 0.0812 e. The molecule has 0 aromatic rings. The van der Waals surface area contributed by atoms with E-state index in [1.807, 2.05) is 0 Å². The van der Waals surface area contributed by atoms with Gasteiger partial charge in [-0.2, -0.15) is 0 Å². The molecule has 0 spiro atoms. The van der Waals surface area contributed by atoms with Crippen LogP contribution in [0.4, 0.5) is 0 Å². The second-order valence-corrected chi connectivity index (χ2v) is 2.95. The summed E-state index contributed by atoms with van der Waals surface area (Å²) in [5.74, 6) is 0. The van der Waals surface area contributed by atoms with Gasteiger partial charge in [0.05, 0.1) is 18.8 Å². The van der Waals surface area contributed by atoms with Crippen LogP contribution in [-0.2, 0) is 9.47 Å². The van der Waals surface area contributed by atoms with Gasteiger partial charge in [-0.3, -0.25) is 0 Å². The molecule has 10 heavy (non-hydrogen) atoms. The quantitative estimate of drug-likeness (QED) is 0.586. The van der Waals surface area contributed by atoms with Gasteiger partial charge in [0.25, 0.3) is 0 Å². The lowest BCUT2D eigenvalue weighted by atomic mass is 10.1. The molecule has 2 atom stereocenters. The Labute approximate surface area is 62.5 Å². The van der Waals surface area contributed by atoms with Crippen molar-refractivity contribution in [2.45, 2.75) is 38.4 Å². The fourth-order valence-corrected chi connectivity index (χ4v) is 1.41. The Morgan fingerprint density at radius 2 is 2.30 bits per heavy atom. The second kappa shape index (κ2) is 3.94. The zero-order chi connectivity index (χ0) is 7.40. The summed E-state index contributed by atoms with van der Waals surface area (Å²) in [4.78, 5) is 0. The lowest BCUT2D eigenvalue weighted by Crippen LogP contribution is -2.28. The third-order valence-electron chi connectivity index (χ3n) is 1.91. The predicted molar refractivity (Wildman–Crippen MR) is 40.1 cm³/mol. The van der Waals surface area contributed by atoms with Gasteiger partial charge < -0.3 is 9.47 Å². The number of methoxy groups -OCH3 is 1. The predicted octanol–water partition coefficient (Wildman–Crippen LogP) is 1.59. The molecular formula is C8H16O2. The summed E-state index contributed by atoms with van der Waals surface area (Å²) in [6.45, 7) is 2.88. The van der Waals surface area contributed by atoms with Crippen LogP contribution in [0.2, 0.25) is 0 Å². The van der Waals surface area contributed by atoms with Crippen molar-refractivity contribution in [1.82, 2.24) is 0 Å². The zero-order valence-electron chi connectivity index (χ0n) is 6.80. The van der Waals surface area contributed by atoms with E-state index in [2.05, 4.69) is 6.92 Å². The van der Waals surface area contributed by atoms with Gasteiger partial charge in [0.1, 0.15) is 0 Å². The first-order valence-electron chi connectivity index (χ1n) is 3.97. The lowest BCUT2D eigenvalue weighted by molar-refractivity contribution is -0.0710. The number of ether oxygens (including phenoxy) is 2. The van der Waals surface area contributed by atoms with Crippen LogP contribution in [0.25, 0.3) is 0 Å². The summed E-state index contributed by atoms with van der Waals surface area (Å²) in [5.41, 5.74) is 0. The normalized spacial score (nSPS) is 34.2. The molecule has 1 aliphatic rings. The van der Waals surface area contributed by atoms with Crippen molar-refractivity contribution in [2.24, 2.45) is 0 Å². The van der Waals surface area contributed by atoms with Gasteiger partial charge in [0, 0.05) is 7.11 Å². The van der Waals surface area contributed by atoms with Crippen molar-refractivity contribution in [3.05, 3.63) is 0 Å². The molecule has 1 fully saturated rings. The van der Waals surface area contributed by atoms with Crippen LogP contribution in [-0.4, -0.2) is 25.9 Å². The summed E-state index contributed by atoms with van der Waals surface area (Å²) in [6.07, 6.45) is 4.45. The Morgan fingerprint density at radius 3 is 2.90 bits per heavy atom. The third kappa shape index (κ3) is 2.27. The molecule has 0 bridgehead atoms. The Morgan fingerprint density at radius 1 is 1.50 bits per heavy atom. The molecule has 60 valence electrons. The van der Waals surface area contributed by atoms with Gasteiger partial charge >= 0.3 is 0 Å². The average Bonchev–Trinajstić information content (AvgIpc) is 1.88. The van der Waals surface area contributed by atoms with Gasteiger partial charge in [-0.05, 0) is 26.2 Å². The third-order valence-corrected chi connectivity index (χ3v) is 1.91. The van der Waals surface area contributed by atoms with Crippen molar-refractivity contribution in [3.63, 3.8) is 0 Å². The van der Waals surface area contributed by atoms with Crippen LogP contribution in [0, 0.1) is 0 Å². The van der Waals surface area contributed by atoms with Crippen LogP contribution in [0.5, 0.6) is 0 Å². The van der Waals surface area contributed by atoms with Gasteiger partial charge in [0.15, 0.2) is 0 Å². The van der Waals surface area contributed by atoms with Crippen LogP contribution in [0.3, 0.4) is 0 Å². The Balaban J connectivity index is 2.18. The molecule has 0 amide bonds. The topological polar surface area (TPSA) is 18.5 Å². The standard InChI is InChI=1S/C8H16O2/c1-7-4-3-5-8(10-7)6-9-2/h7-8H,3-6H2,1-2H3. The lowest BCUT2D eigenvalue weighted by Gasteiger charge is -2.26. The van der Waals surface area contributed by atoms with E-state index in [4.69, 9.17) is 9.47 Å². The molecule has 1 aliphatic heterocycles. The molecule has 0 N–H and O–H groups in total. The van der Waals surface area contributed by atoms with Gasteiger partial charge in [-0.15, -0.1) is 0 Å². The van der Waals surface area contributed by atoms with Crippen LogP contribution >= 0.6 is 0 Å². The monoisotopic (exact) mass is 144 g/mol. The largest absolute Gasteiger partial charge is 0.382 e. The first-order valence-corrected chi connectivity index (χ1v) is 3.97. The van der Waals surface area contributed by atoms with Crippen molar-refractivity contribution in [1.29, 1.82) is 0 Å². The Bertz CT molecular complexity index is 91.3. The molecule has 2 nitrogen and oxygen atoms in total. The van der Waals surface area contributed by atoms with Crippen molar-refractivity contribution in [3.8, 4) is 0 Å². The van der Waals surface area contributed by atoms with Crippen molar-refractivity contribution in [2.75, 3.05) is 13.7 Å². The van der Waals surface area contributed by atoms with E-state index in [0.717, 1.165) is 13.0 Å². The molecule has 0 saturated carbocycles. The maximum absolute atomic E-state index is 5.60. The fraction of sp³-hybridized carbons (Fsp3) is 1.00. The highest BCUT2D eigenvalue weighted by Crippen LogP contribution is 2.18. The Kier molecular flexibility index (Phi) is 3.16. The highest BCUT2D eigenvalue weighted by atomic mass is 16.5. The first-order chi connectivity index (χ1) is 4.83. The Hall–Kier alpha value is -0.0800. The van der Waals surface area contributed by atoms with E-state index in [-0.39, 0.29) is 0 Å². The van der Waals surface area contributed by atoms with E-state index in [1.165, 1.54) is 12.8 Å². The summed E-state index contributed by atoms with van der Waals surface area (Å²) < 4.78 is 10.6. The van der Waals surface area contributed by atoms with Crippen LogP contribution in [0.1, 0.15) is 26.2 Å². The van der Waals surface area contributed by atoms with E-state index in [1.54, 1.807) is 7.11 Å².